The van der Waals surface area contributed by atoms with E-state index in [9.17, 15) is 13.6 Å². The zero-order chi connectivity index (χ0) is 13.4. The van der Waals surface area contributed by atoms with Crippen LogP contribution in [0.4, 0.5) is 8.78 Å². The summed E-state index contributed by atoms with van der Waals surface area (Å²) in [6.07, 6.45) is -0.919. The highest BCUT2D eigenvalue weighted by atomic mass is 19.3. The van der Waals surface area contributed by atoms with E-state index in [1.807, 2.05) is 6.92 Å². The monoisotopic (exact) mass is 247 g/mol. The Bertz CT molecular complexity index is 301. The quantitative estimate of drug-likeness (QED) is 0.394. The molecule has 0 spiro atoms. The van der Waals surface area contributed by atoms with Crippen molar-refractivity contribution in [1.29, 1.82) is 0 Å². The highest BCUT2D eigenvalue weighted by Crippen LogP contribution is 2.09. The van der Waals surface area contributed by atoms with Crippen LogP contribution in [0.15, 0.2) is 16.6 Å². The second-order valence-corrected chi connectivity index (χ2v) is 3.75. The average Bonchev–Trinajstić information content (AvgIpc) is 2.32. The molecule has 0 saturated heterocycles. The van der Waals surface area contributed by atoms with Gasteiger partial charge < -0.3 is 4.74 Å². The summed E-state index contributed by atoms with van der Waals surface area (Å²) in [6.45, 7) is 5.22. The summed E-state index contributed by atoms with van der Waals surface area (Å²) in [6, 6.07) is -0.194. The van der Waals surface area contributed by atoms with E-state index in [4.69, 9.17) is 4.74 Å². The molecule has 0 heterocycles. The van der Waals surface area contributed by atoms with Crippen LogP contribution in [0, 0.1) is 0 Å². The summed E-state index contributed by atoms with van der Waals surface area (Å²) in [5, 5.41) is 0. The molecule has 2 unspecified atom stereocenters. The van der Waals surface area contributed by atoms with Crippen molar-refractivity contribution in [3.63, 3.8) is 0 Å². The number of aliphatic imine (C=N–C) groups is 1. The van der Waals surface area contributed by atoms with Gasteiger partial charge in [0.15, 0.2) is 0 Å². The number of carbonyl (C=O) groups excluding carboxylic acids is 1. The van der Waals surface area contributed by atoms with Gasteiger partial charge in [0.25, 0.3) is 6.43 Å². The molecule has 0 aliphatic rings. The molecule has 5 heteroatoms. The van der Waals surface area contributed by atoms with Crippen LogP contribution in [-0.4, -0.2) is 37.7 Å². The predicted octanol–water partition coefficient (Wildman–Crippen LogP) is 2.65. The molecule has 0 saturated carbocycles. The molecule has 98 valence electrons. The van der Waals surface area contributed by atoms with E-state index in [2.05, 4.69) is 4.99 Å². The van der Waals surface area contributed by atoms with Crippen LogP contribution in [0.5, 0.6) is 0 Å². The van der Waals surface area contributed by atoms with Gasteiger partial charge >= 0.3 is 0 Å². The molecule has 0 N–H and O–H groups in total. The lowest BCUT2D eigenvalue weighted by Crippen LogP contribution is -2.16. The molecule has 0 aromatic carbocycles. The second-order valence-electron chi connectivity index (χ2n) is 3.75. The highest BCUT2D eigenvalue weighted by Gasteiger charge is 2.15. The van der Waals surface area contributed by atoms with Crippen molar-refractivity contribution in [1.82, 2.24) is 0 Å². The lowest BCUT2D eigenvalue weighted by molar-refractivity contribution is -0.105. The first-order valence-corrected chi connectivity index (χ1v) is 5.51. The fourth-order valence-electron chi connectivity index (χ4n) is 1.06. The molecule has 0 fully saturated rings. The number of nitrogens with zero attached hydrogens (tertiary/aromatic N) is 1. The average molecular weight is 247 g/mol. The van der Waals surface area contributed by atoms with Gasteiger partial charge in [-0.15, -0.1) is 0 Å². The standard InChI is InChI=1S/C12H19F2NO2/c1-5-8(2)15-11(12(13)14)6-10(7-16)9(3)17-4/h6-9,12H,5H2,1-4H3/b10-6-,15-11?. The van der Waals surface area contributed by atoms with Gasteiger partial charge in [-0.05, 0) is 26.3 Å². The molecule has 0 aromatic rings. The van der Waals surface area contributed by atoms with Gasteiger partial charge in [-0.3, -0.25) is 9.79 Å². The third kappa shape index (κ3) is 5.68. The first-order valence-electron chi connectivity index (χ1n) is 5.51. The van der Waals surface area contributed by atoms with E-state index < -0.39 is 12.5 Å². The third-order valence-electron chi connectivity index (χ3n) is 2.46. The van der Waals surface area contributed by atoms with E-state index in [0.29, 0.717) is 12.7 Å². The van der Waals surface area contributed by atoms with Crippen molar-refractivity contribution in [3.05, 3.63) is 11.6 Å². The van der Waals surface area contributed by atoms with Crippen molar-refractivity contribution >= 4 is 12.0 Å². The molecular formula is C12H19F2NO2. The molecule has 0 bridgehead atoms. The van der Waals surface area contributed by atoms with E-state index in [1.165, 1.54) is 7.11 Å². The fourth-order valence-corrected chi connectivity index (χ4v) is 1.06. The van der Waals surface area contributed by atoms with Gasteiger partial charge in [-0.1, -0.05) is 6.92 Å². The maximum atomic E-state index is 12.7. The third-order valence-corrected chi connectivity index (χ3v) is 2.46. The Kier molecular flexibility index (Phi) is 7.54. The van der Waals surface area contributed by atoms with Gasteiger partial charge in [0, 0.05) is 18.7 Å². The van der Waals surface area contributed by atoms with Gasteiger partial charge in [-0.2, -0.15) is 0 Å². The first-order chi connectivity index (χ1) is 7.96. The largest absolute Gasteiger partial charge is 0.377 e. The molecule has 2 atom stereocenters. The highest BCUT2D eigenvalue weighted by molar-refractivity contribution is 6.01. The molecule has 0 radical (unpaired) electrons. The van der Waals surface area contributed by atoms with Gasteiger partial charge in [0.1, 0.15) is 12.0 Å². The normalized spacial score (nSPS) is 17.1. The second kappa shape index (κ2) is 8.06. The van der Waals surface area contributed by atoms with E-state index in [1.54, 1.807) is 13.8 Å². The maximum absolute atomic E-state index is 12.7. The summed E-state index contributed by atoms with van der Waals surface area (Å²) in [5.74, 6) is 0. The molecular weight excluding hydrogens is 228 g/mol. The zero-order valence-corrected chi connectivity index (χ0v) is 10.6. The smallest absolute Gasteiger partial charge is 0.279 e. The number of carbonyl (C=O) groups is 1. The van der Waals surface area contributed by atoms with Crippen molar-refractivity contribution in [2.45, 2.75) is 45.8 Å². The Morgan fingerprint density at radius 2 is 2.00 bits per heavy atom. The Balaban J connectivity index is 5.14. The summed E-state index contributed by atoms with van der Waals surface area (Å²) >= 11 is 0. The minimum atomic E-state index is -2.69. The number of rotatable bonds is 7. The molecule has 0 amide bonds. The van der Waals surface area contributed by atoms with Crippen molar-refractivity contribution in [2.75, 3.05) is 7.11 Å². The summed E-state index contributed by atoms with van der Waals surface area (Å²) in [5.41, 5.74) is -0.208. The number of hydrogen-bond acceptors (Lipinski definition) is 3. The van der Waals surface area contributed by atoms with Crippen LogP contribution in [0.1, 0.15) is 27.2 Å². The van der Waals surface area contributed by atoms with E-state index in [0.717, 1.165) is 6.08 Å². The minimum absolute atomic E-state index is 0.162. The number of methoxy groups -OCH3 is 1. The van der Waals surface area contributed by atoms with Crippen LogP contribution in [-0.2, 0) is 9.53 Å². The molecule has 3 nitrogen and oxygen atoms in total. The number of hydrogen-bond donors (Lipinski definition) is 0. The van der Waals surface area contributed by atoms with Crippen LogP contribution < -0.4 is 0 Å². The molecule has 0 rings (SSSR count). The Morgan fingerprint density at radius 3 is 2.35 bits per heavy atom. The number of allylic oxidation sites excluding steroid dienone is 1. The zero-order valence-electron chi connectivity index (χ0n) is 10.6. The van der Waals surface area contributed by atoms with E-state index >= 15 is 0 Å². The molecule has 17 heavy (non-hydrogen) atoms. The van der Waals surface area contributed by atoms with Gasteiger partial charge in [0.2, 0.25) is 0 Å². The lowest BCUT2D eigenvalue weighted by Gasteiger charge is -2.11. The summed E-state index contributed by atoms with van der Waals surface area (Å²) in [7, 11) is 1.41. The summed E-state index contributed by atoms with van der Waals surface area (Å²) in [4.78, 5) is 14.6. The number of aldehydes is 1. The number of ether oxygens (including phenoxy) is 1. The Labute approximate surface area is 101 Å². The minimum Gasteiger partial charge on any atom is -0.377 e. The lowest BCUT2D eigenvalue weighted by atomic mass is 10.1. The fraction of sp³-hybridized carbons (Fsp3) is 0.667. The van der Waals surface area contributed by atoms with Gasteiger partial charge in [0.05, 0.1) is 6.10 Å². The predicted molar refractivity (Wildman–Crippen MR) is 63.8 cm³/mol. The number of halogens is 2. The number of alkyl halides is 2. The SMILES string of the molecule is CCC(C)N=C(/C=C(/C=O)C(C)OC)C(F)F. The Morgan fingerprint density at radius 1 is 1.41 bits per heavy atom. The van der Waals surface area contributed by atoms with Crippen molar-refractivity contribution in [2.24, 2.45) is 4.99 Å². The molecule has 0 aromatic heterocycles. The molecule has 0 aliphatic carbocycles. The topological polar surface area (TPSA) is 38.7 Å². The molecule has 0 aliphatic heterocycles. The van der Waals surface area contributed by atoms with Crippen LogP contribution in [0.3, 0.4) is 0 Å². The van der Waals surface area contributed by atoms with Gasteiger partial charge in [-0.25, -0.2) is 8.78 Å². The van der Waals surface area contributed by atoms with Crippen molar-refractivity contribution in [3.8, 4) is 0 Å². The maximum Gasteiger partial charge on any atom is 0.279 e. The van der Waals surface area contributed by atoms with E-state index in [-0.39, 0.29) is 17.3 Å². The van der Waals surface area contributed by atoms with Crippen LogP contribution in [0.25, 0.3) is 0 Å². The van der Waals surface area contributed by atoms with Crippen LogP contribution >= 0.6 is 0 Å². The van der Waals surface area contributed by atoms with Crippen LogP contribution in [0.2, 0.25) is 0 Å². The Hall–Kier alpha value is -1.10. The summed E-state index contributed by atoms with van der Waals surface area (Å²) < 4.78 is 30.4. The first kappa shape index (κ1) is 15.9. The van der Waals surface area contributed by atoms with Crippen molar-refractivity contribution < 1.29 is 18.3 Å².